The first-order valence-corrected chi connectivity index (χ1v) is 7.69. The van der Waals surface area contributed by atoms with Crippen LogP contribution in [0.1, 0.15) is 29.7 Å². The van der Waals surface area contributed by atoms with E-state index in [1.807, 2.05) is 0 Å². The number of rotatable bonds is 3. The minimum atomic E-state index is 0.461. The summed E-state index contributed by atoms with van der Waals surface area (Å²) in [5.41, 5.74) is 7.15. The molecule has 0 radical (unpaired) electrons. The molecule has 2 unspecified atom stereocenters. The number of nitrogens with zero attached hydrogens (tertiary/aromatic N) is 2. The number of hydrogen-bond donors (Lipinski definition) is 2. The van der Waals surface area contributed by atoms with Gasteiger partial charge in [-0.05, 0) is 44.7 Å². The first-order chi connectivity index (χ1) is 9.20. The fourth-order valence-corrected chi connectivity index (χ4v) is 3.97. The highest BCUT2D eigenvalue weighted by Crippen LogP contribution is 2.34. The van der Waals surface area contributed by atoms with Crippen LogP contribution in [0, 0.1) is 19.8 Å². The minimum absolute atomic E-state index is 0.461. The molecule has 1 fully saturated rings. The Morgan fingerprint density at radius 1 is 1.37 bits per heavy atom. The van der Waals surface area contributed by atoms with Crippen molar-refractivity contribution in [1.29, 1.82) is 0 Å². The highest BCUT2D eigenvalue weighted by Gasteiger charge is 2.27. The molecule has 2 atom stereocenters. The zero-order chi connectivity index (χ0) is 13.4. The van der Waals surface area contributed by atoms with Crippen LogP contribution in [0.5, 0.6) is 0 Å². The van der Waals surface area contributed by atoms with Crippen molar-refractivity contribution in [2.45, 2.75) is 39.2 Å². The molecule has 1 aliphatic carbocycles. The molecule has 5 heteroatoms. The molecule has 0 amide bonds. The van der Waals surface area contributed by atoms with Gasteiger partial charge in [0.25, 0.3) is 0 Å². The monoisotopic (exact) mass is 276 g/mol. The number of fused-ring (bicyclic) bond motifs is 1. The van der Waals surface area contributed by atoms with Gasteiger partial charge in [0.05, 0.1) is 5.39 Å². The van der Waals surface area contributed by atoms with Crippen LogP contribution in [-0.4, -0.2) is 22.6 Å². The van der Waals surface area contributed by atoms with Crippen molar-refractivity contribution in [1.82, 2.24) is 9.97 Å². The third kappa shape index (κ3) is 2.21. The maximum absolute atomic E-state index is 5.85. The van der Waals surface area contributed by atoms with Crippen molar-refractivity contribution in [3.63, 3.8) is 0 Å². The molecule has 2 heterocycles. The molecule has 2 aromatic rings. The Balaban J connectivity index is 1.96. The molecule has 102 valence electrons. The number of thiophene rings is 1. The number of nitrogens with two attached hydrogens (primary N) is 1. The summed E-state index contributed by atoms with van der Waals surface area (Å²) in [6.45, 7) is 5.05. The Labute approximate surface area is 117 Å². The van der Waals surface area contributed by atoms with Gasteiger partial charge in [0.2, 0.25) is 0 Å². The van der Waals surface area contributed by atoms with E-state index in [2.05, 4.69) is 29.1 Å². The Morgan fingerprint density at radius 2 is 2.21 bits per heavy atom. The van der Waals surface area contributed by atoms with Crippen LogP contribution in [0.4, 0.5) is 5.82 Å². The Morgan fingerprint density at radius 3 is 3.00 bits per heavy atom. The quantitative estimate of drug-likeness (QED) is 0.905. The maximum atomic E-state index is 5.85. The second kappa shape index (κ2) is 5.06. The van der Waals surface area contributed by atoms with Crippen LogP contribution < -0.4 is 11.1 Å². The summed E-state index contributed by atoms with van der Waals surface area (Å²) >= 11 is 1.74. The number of aryl methyl sites for hydroxylation is 2. The second-order valence-corrected chi connectivity index (χ2v) is 6.57. The molecule has 19 heavy (non-hydrogen) atoms. The van der Waals surface area contributed by atoms with Gasteiger partial charge in [0.1, 0.15) is 17.0 Å². The summed E-state index contributed by atoms with van der Waals surface area (Å²) in [6.07, 6.45) is 5.33. The first kappa shape index (κ1) is 12.8. The van der Waals surface area contributed by atoms with Gasteiger partial charge in [-0.25, -0.2) is 9.97 Å². The van der Waals surface area contributed by atoms with E-state index < -0.39 is 0 Å². The molecule has 0 aliphatic heterocycles. The van der Waals surface area contributed by atoms with Gasteiger partial charge in [-0.1, -0.05) is 6.42 Å². The van der Waals surface area contributed by atoms with Crippen LogP contribution >= 0.6 is 11.3 Å². The second-order valence-electron chi connectivity index (χ2n) is 5.36. The molecule has 3 rings (SSSR count). The third-order valence-corrected chi connectivity index (χ3v) is 5.36. The maximum Gasteiger partial charge on any atom is 0.138 e. The number of hydrogen-bond acceptors (Lipinski definition) is 5. The molecule has 0 spiro atoms. The number of anilines is 1. The van der Waals surface area contributed by atoms with Gasteiger partial charge >= 0.3 is 0 Å². The summed E-state index contributed by atoms with van der Waals surface area (Å²) in [5, 5.41) is 4.80. The van der Waals surface area contributed by atoms with E-state index in [1.54, 1.807) is 17.7 Å². The molecule has 1 aliphatic rings. The average molecular weight is 276 g/mol. The fraction of sp³-hybridized carbons (Fsp3) is 0.571. The van der Waals surface area contributed by atoms with Crippen molar-refractivity contribution in [3.8, 4) is 0 Å². The highest BCUT2D eigenvalue weighted by atomic mass is 32.1. The SMILES string of the molecule is Cc1sc2ncnc(NC3CCCC3CN)c2c1C. The van der Waals surface area contributed by atoms with E-state index in [9.17, 15) is 0 Å². The molecular weight excluding hydrogens is 256 g/mol. The van der Waals surface area contributed by atoms with Gasteiger partial charge in [-0.2, -0.15) is 0 Å². The summed E-state index contributed by atoms with van der Waals surface area (Å²) in [5.74, 6) is 1.56. The summed E-state index contributed by atoms with van der Waals surface area (Å²) in [4.78, 5) is 11.2. The lowest BCUT2D eigenvalue weighted by Crippen LogP contribution is -2.29. The molecular formula is C14H20N4S. The van der Waals surface area contributed by atoms with Gasteiger partial charge in [0.15, 0.2) is 0 Å². The van der Waals surface area contributed by atoms with Crippen molar-refractivity contribution < 1.29 is 0 Å². The van der Waals surface area contributed by atoms with E-state index in [1.165, 1.54) is 35.1 Å². The highest BCUT2D eigenvalue weighted by molar-refractivity contribution is 7.18. The molecule has 0 bridgehead atoms. The zero-order valence-corrected chi connectivity index (χ0v) is 12.3. The van der Waals surface area contributed by atoms with Crippen LogP contribution in [0.2, 0.25) is 0 Å². The van der Waals surface area contributed by atoms with Crippen LogP contribution in [0.25, 0.3) is 10.2 Å². The standard InChI is InChI=1S/C14H20N4S/c1-8-9(2)19-14-12(8)13(16-7-17-14)18-11-5-3-4-10(11)6-15/h7,10-11H,3-6,15H2,1-2H3,(H,16,17,18). The first-order valence-electron chi connectivity index (χ1n) is 6.88. The lowest BCUT2D eigenvalue weighted by molar-refractivity contribution is 0.516. The molecule has 2 aromatic heterocycles. The molecule has 3 N–H and O–H groups in total. The van der Waals surface area contributed by atoms with E-state index in [-0.39, 0.29) is 0 Å². The lowest BCUT2D eigenvalue weighted by Gasteiger charge is -2.20. The van der Waals surface area contributed by atoms with Gasteiger partial charge in [-0.15, -0.1) is 11.3 Å². The molecule has 4 nitrogen and oxygen atoms in total. The zero-order valence-electron chi connectivity index (χ0n) is 11.4. The minimum Gasteiger partial charge on any atom is -0.366 e. The Hall–Kier alpha value is -1.20. The number of aromatic nitrogens is 2. The predicted octanol–water partition coefficient (Wildman–Crippen LogP) is 2.85. The van der Waals surface area contributed by atoms with Crippen molar-refractivity contribution in [2.24, 2.45) is 11.7 Å². The number of nitrogens with one attached hydrogen (secondary N) is 1. The summed E-state index contributed by atoms with van der Waals surface area (Å²) < 4.78 is 0. The largest absolute Gasteiger partial charge is 0.366 e. The van der Waals surface area contributed by atoms with Gasteiger partial charge in [0, 0.05) is 10.9 Å². The van der Waals surface area contributed by atoms with Crippen molar-refractivity contribution in [3.05, 3.63) is 16.8 Å². The van der Waals surface area contributed by atoms with E-state index >= 15 is 0 Å². The topological polar surface area (TPSA) is 63.8 Å². The van der Waals surface area contributed by atoms with Crippen molar-refractivity contribution in [2.75, 3.05) is 11.9 Å². The molecule has 0 saturated heterocycles. The molecule has 1 saturated carbocycles. The lowest BCUT2D eigenvalue weighted by atomic mass is 10.0. The predicted molar refractivity (Wildman–Crippen MR) is 80.7 cm³/mol. The summed E-state index contributed by atoms with van der Waals surface area (Å²) in [6, 6.07) is 0.461. The van der Waals surface area contributed by atoms with E-state index in [0.717, 1.165) is 17.2 Å². The normalized spacial score (nSPS) is 23.1. The fourth-order valence-electron chi connectivity index (χ4n) is 2.98. The summed E-state index contributed by atoms with van der Waals surface area (Å²) in [7, 11) is 0. The Kier molecular flexibility index (Phi) is 3.41. The van der Waals surface area contributed by atoms with Gasteiger partial charge < -0.3 is 11.1 Å². The molecule has 0 aromatic carbocycles. The smallest absolute Gasteiger partial charge is 0.138 e. The van der Waals surface area contributed by atoms with Crippen LogP contribution in [0.3, 0.4) is 0 Å². The van der Waals surface area contributed by atoms with Gasteiger partial charge in [-0.3, -0.25) is 0 Å². The van der Waals surface area contributed by atoms with E-state index in [0.29, 0.717) is 12.0 Å². The van der Waals surface area contributed by atoms with Crippen LogP contribution in [-0.2, 0) is 0 Å². The van der Waals surface area contributed by atoms with E-state index in [4.69, 9.17) is 5.73 Å². The van der Waals surface area contributed by atoms with Crippen molar-refractivity contribution >= 4 is 27.4 Å². The average Bonchev–Trinajstić information content (AvgIpc) is 2.96. The third-order valence-electron chi connectivity index (χ3n) is 4.25. The Bertz CT molecular complexity index is 592. The van der Waals surface area contributed by atoms with Crippen LogP contribution in [0.15, 0.2) is 6.33 Å².